The van der Waals surface area contributed by atoms with E-state index < -0.39 is 0 Å². The van der Waals surface area contributed by atoms with Crippen molar-refractivity contribution in [2.75, 3.05) is 12.8 Å². The molecule has 0 aliphatic heterocycles. The summed E-state index contributed by atoms with van der Waals surface area (Å²) in [5.41, 5.74) is 6.35. The molecule has 0 bridgehead atoms. The number of nitrogens with zero attached hydrogens (tertiary/aromatic N) is 1. The van der Waals surface area contributed by atoms with E-state index in [2.05, 4.69) is 18.4 Å². The number of nitrogen functional groups attached to an aromatic ring is 1. The van der Waals surface area contributed by atoms with E-state index in [1.54, 1.807) is 22.3 Å². The summed E-state index contributed by atoms with van der Waals surface area (Å²) in [5.74, 6) is 0.00607. The first-order valence-electron chi connectivity index (χ1n) is 5.72. The number of anilines is 1. The lowest BCUT2D eigenvalue weighted by Crippen LogP contribution is -2.36. The van der Waals surface area contributed by atoms with Crippen LogP contribution in [-0.2, 0) is 6.42 Å². The molecule has 3 nitrogen and oxygen atoms in total. The fourth-order valence-corrected chi connectivity index (χ4v) is 3.34. The minimum atomic E-state index is 0.00607. The van der Waals surface area contributed by atoms with Gasteiger partial charge < -0.3 is 10.6 Å². The van der Waals surface area contributed by atoms with Crippen molar-refractivity contribution >= 4 is 34.3 Å². The van der Waals surface area contributed by atoms with Gasteiger partial charge in [-0.2, -0.15) is 0 Å². The molecule has 0 saturated carbocycles. The molecule has 2 rings (SSSR count). The van der Waals surface area contributed by atoms with E-state index in [1.807, 2.05) is 18.5 Å². The van der Waals surface area contributed by atoms with Gasteiger partial charge in [-0.15, -0.1) is 22.7 Å². The highest BCUT2D eigenvalue weighted by atomic mass is 32.1. The van der Waals surface area contributed by atoms with Gasteiger partial charge in [0.15, 0.2) is 0 Å². The molecule has 1 amide bonds. The lowest BCUT2D eigenvalue weighted by atomic mass is 10.2. The van der Waals surface area contributed by atoms with Crippen molar-refractivity contribution in [1.82, 2.24) is 4.90 Å². The van der Waals surface area contributed by atoms with Gasteiger partial charge in [-0.05, 0) is 29.8 Å². The van der Waals surface area contributed by atoms with Crippen LogP contribution in [0, 0.1) is 0 Å². The molecule has 0 spiro atoms. The first-order chi connectivity index (χ1) is 8.59. The molecule has 0 fully saturated rings. The third kappa shape index (κ3) is 2.73. The largest absolute Gasteiger partial charge is 0.397 e. The Morgan fingerprint density at radius 2 is 2.17 bits per heavy atom. The van der Waals surface area contributed by atoms with Gasteiger partial charge in [0.25, 0.3) is 5.91 Å². The fourth-order valence-electron chi connectivity index (χ4n) is 1.71. The molecule has 0 saturated heterocycles. The minimum Gasteiger partial charge on any atom is -0.397 e. The monoisotopic (exact) mass is 280 g/mol. The first kappa shape index (κ1) is 13.1. The number of carbonyl (C=O) groups is 1. The number of hydrogen-bond donors (Lipinski definition) is 1. The van der Waals surface area contributed by atoms with Gasteiger partial charge in [0.1, 0.15) is 4.88 Å². The smallest absolute Gasteiger partial charge is 0.266 e. The van der Waals surface area contributed by atoms with Crippen molar-refractivity contribution in [2.45, 2.75) is 19.4 Å². The lowest BCUT2D eigenvalue weighted by molar-refractivity contribution is 0.0750. The second kappa shape index (κ2) is 5.54. The van der Waals surface area contributed by atoms with Gasteiger partial charge in [-0.3, -0.25) is 4.79 Å². The Balaban J connectivity index is 2.05. The van der Waals surface area contributed by atoms with E-state index in [0.29, 0.717) is 10.6 Å². The van der Waals surface area contributed by atoms with Crippen molar-refractivity contribution in [3.63, 3.8) is 0 Å². The fraction of sp³-hybridized carbons (Fsp3) is 0.308. The normalized spacial score (nSPS) is 12.3. The van der Waals surface area contributed by atoms with Crippen LogP contribution in [0.3, 0.4) is 0 Å². The molecular formula is C13H16N2OS2. The highest BCUT2D eigenvalue weighted by Crippen LogP contribution is 2.22. The number of amides is 1. The van der Waals surface area contributed by atoms with E-state index in [4.69, 9.17) is 5.73 Å². The molecule has 2 N–H and O–H groups in total. The highest BCUT2D eigenvalue weighted by molar-refractivity contribution is 7.12. The Hall–Kier alpha value is -1.33. The number of thiophene rings is 2. The molecule has 1 atom stereocenters. The third-order valence-corrected chi connectivity index (χ3v) is 4.77. The number of nitrogens with two attached hydrogens (primary N) is 1. The van der Waals surface area contributed by atoms with Crippen LogP contribution in [0.1, 0.15) is 21.5 Å². The van der Waals surface area contributed by atoms with Crippen LogP contribution < -0.4 is 5.73 Å². The van der Waals surface area contributed by atoms with Crippen molar-refractivity contribution in [1.29, 1.82) is 0 Å². The van der Waals surface area contributed by atoms with Crippen LogP contribution >= 0.6 is 22.7 Å². The Morgan fingerprint density at radius 1 is 1.39 bits per heavy atom. The highest BCUT2D eigenvalue weighted by Gasteiger charge is 2.20. The summed E-state index contributed by atoms with van der Waals surface area (Å²) in [4.78, 5) is 15.9. The zero-order chi connectivity index (χ0) is 13.1. The maximum Gasteiger partial charge on any atom is 0.266 e. The van der Waals surface area contributed by atoms with Crippen LogP contribution in [0.25, 0.3) is 0 Å². The Kier molecular flexibility index (Phi) is 4.04. The minimum absolute atomic E-state index is 0.00607. The number of rotatable bonds is 4. The quantitative estimate of drug-likeness (QED) is 0.935. The van der Waals surface area contributed by atoms with E-state index in [0.717, 1.165) is 6.42 Å². The van der Waals surface area contributed by atoms with Crippen molar-refractivity contribution in [3.05, 3.63) is 38.7 Å². The van der Waals surface area contributed by atoms with E-state index in [9.17, 15) is 4.79 Å². The average Bonchev–Trinajstić information content (AvgIpc) is 2.98. The molecule has 0 radical (unpaired) electrons. The van der Waals surface area contributed by atoms with Crippen molar-refractivity contribution < 1.29 is 4.79 Å². The van der Waals surface area contributed by atoms with Crippen molar-refractivity contribution in [2.24, 2.45) is 0 Å². The molecule has 5 heteroatoms. The van der Waals surface area contributed by atoms with Crippen LogP contribution in [0.2, 0.25) is 0 Å². The number of hydrogen-bond acceptors (Lipinski definition) is 4. The van der Waals surface area contributed by atoms with E-state index in [-0.39, 0.29) is 11.9 Å². The predicted octanol–water partition coefficient (Wildman–Crippen LogP) is 3.10. The maximum absolute atomic E-state index is 12.3. The summed E-state index contributed by atoms with van der Waals surface area (Å²) in [6, 6.07) is 6.07. The molecule has 2 aromatic rings. The van der Waals surface area contributed by atoms with Gasteiger partial charge in [0.05, 0.1) is 5.69 Å². The summed E-state index contributed by atoms with van der Waals surface area (Å²) < 4.78 is 0. The summed E-state index contributed by atoms with van der Waals surface area (Å²) in [6.45, 7) is 2.06. The Labute approximate surface area is 115 Å². The summed E-state index contributed by atoms with van der Waals surface area (Å²) in [5, 5.41) is 3.90. The van der Waals surface area contributed by atoms with Gasteiger partial charge in [-0.1, -0.05) is 6.07 Å². The second-order valence-electron chi connectivity index (χ2n) is 4.25. The van der Waals surface area contributed by atoms with Gasteiger partial charge in [-0.25, -0.2) is 0 Å². The molecular weight excluding hydrogens is 264 g/mol. The zero-order valence-corrected chi connectivity index (χ0v) is 12.1. The zero-order valence-electron chi connectivity index (χ0n) is 10.4. The molecule has 96 valence electrons. The third-order valence-electron chi connectivity index (χ3n) is 2.95. The topological polar surface area (TPSA) is 46.3 Å². The predicted molar refractivity (Wildman–Crippen MR) is 78.3 cm³/mol. The summed E-state index contributed by atoms with van der Waals surface area (Å²) in [7, 11) is 1.83. The standard InChI is InChI=1S/C13H16N2OS2/c1-9(8-10-4-3-6-17-10)15(2)13(16)12-11(14)5-7-18-12/h3-7,9H,8,14H2,1-2H3. The summed E-state index contributed by atoms with van der Waals surface area (Å²) >= 11 is 3.12. The molecule has 18 heavy (non-hydrogen) atoms. The van der Waals surface area contributed by atoms with E-state index >= 15 is 0 Å². The summed E-state index contributed by atoms with van der Waals surface area (Å²) in [6.07, 6.45) is 0.880. The van der Waals surface area contributed by atoms with Crippen LogP contribution in [0.15, 0.2) is 29.0 Å². The molecule has 0 aliphatic rings. The van der Waals surface area contributed by atoms with Crippen LogP contribution in [-0.4, -0.2) is 23.9 Å². The molecule has 0 aliphatic carbocycles. The average molecular weight is 280 g/mol. The molecule has 1 unspecified atom stereocenters. The SMILES string of the molecule is CC(Cc1cccs1)N(C)C(=O)c1sccc1N. The second-order valence-corrected chi connectivity index (χ2v) is 6.20. The molecule has 2 aromatic heterocycles. The Bertz CT molecular complexity index is 519. The van der Waals surface area contributed by atoms with Crippen LogP contribution in [0.4, 0.5) is 5.69 Å². The molecule has 2 heterocycles. The van der Waals surface area contributed by atoms with Crippen molar-refractivity contribution in [3.8, 4) is 0 Å². The Morgan fingerprint density at radius 3 is 2.72 bits per heavy atom. The van der Waals surface area contributed by atoms with E-state index in [1.165, 1.54) is 16.2 Å². The maximum atomic E-state index is 12.3. The van der Waals surface area contributed by atoms with Crippen LogP contribution in [0.5, 0.6) is 0 Å². The number of carbonyl (C=O) groups excluding carboxylic acids is 1. The van der Waals surface area contributed by atoms with Gasteiger partial charge >= 0.3 is 0 Å². The lowest BCUT2D eigenvalue weighted by Gasteiger charge is -2.24. The molecule has 0 aromatic carbocycles. The first-order valence-corrected chi connectivity index (χ1v) is 7.48. The van der Waals surface area contributed by atoms with Gasteiger partial charge in [0.2, 0.25) is 0 Å². The van der Waals surface area contributed by atoms with Gasteiger partial charge in [0, 0.05) is 24.4 Å². The number of likely N-dealkylation sites (N-methyl/N-ethyl adjacent to an activating group) is 1.